The number of benzene rings is 1. The van der Waals surface area contributed by atoms with Gasteiger partial charge in [0.2, 0.25) is 5.78 Å². The van der Waals surface area contributed by atoms with E-state index < -0.39 is 5.97 Å². The van der Waals surface area contributed by atoms with E-state index in [1.807, 2.05) is 0 Å². The molecule has 0 aliphatic carbocycles. The predicted molar refractivity (Wildman–Crippen MR) is 88.5 cm³/mol. The molecule has 0 aliphatic heterocycles. The second-order valence-electron chi connectivity index (χ2n) is 4.85. The molecule has 0 saturated heterocycles. The predicted octanol–water partition coefficient (Wildman–Crippen LogP) is 4.79. The van der Waals surface area contributed by atoms with Crippen molar-refractivity contribution in [1.29, 1.82) is 0 Å². The van der Waals surface area contributed by atoms with E-state index in [-0.39, 0.29) is 23.5 Å². The number of carbonyl (C=O) groups excluding carboxylic acids is 1. The van der Waals surface area contributed by atoms with Crippen LogP contribution in [0.1, 0.15) is 26.5 Å². The van der Waals surface area contributed by atoms with E-state index in [0.29, 0.717) is 15.5 Å². The second-order valence-corrected chi connectivity index (χ2v) is 6.17. The molecule has 0 amide bonds. The summed E-state index contributed by atoms with van der Waals surface area (Å²) < 4.78 is 5.06. The Hall–Kier alpha value is -2.37. The molecule has 0 spiro atoms. The Morgan fingerprint density at radius 1 is 1.17 bits per heavy atom. The SMILES string of the molecule is O=C(Cc1csc(-c2ccc(Cl)cc2)c1C(=O)O)c1ccco1. The molecule has 0 radical (unpaired) electrons. The molecule has 0 atom stereocenters. The largest absolute Gasteiger partial charge is 0.478 e. The lowest BCUT2D eigenvalue weighted by Gasteiger charge is -2.03. The van der Waals surface area contributed by atoms with E-state index in [1.165, 1.54) is 17.6 Å². The number of rotatable bonds is 5. The first-order valence-corrected chi connectivity index (χ1v) is 7.98. The molecule has 1 aromatic carbocycles. The van der Waals surface area contributed by atoms with Crippen LogP contribution >= 0.6 is 22.9 Å². The van der Waals surface area contributed by atoms with Crippen molar-refractivity contribution in [3.8, 4) is 10.4 Å². The van der Waals surface area contributed by atoms with Crippen LogP contribution in [0, 0.1) is 0 Å². The molecule has 23 heavy (non-hydrogen) atoms. The second kappa shape index (κ2) is 6.40. The highest BCUT2D eigenvalue weighted by Gasteiger charge is 2.22. The Kier molecular flexibility index (Phi) is 4.32. The van der Waals surface area contributed by atoms with Crippen molar-refractivity contribution >= 4 is 34.7 Å². The molecular formula is C17H11ClO4S. The number of carbonyl (C=O) groups is 2. The smallest absolute Gasteiger partial charge is 0.337 e. The summed E-state index contributed by atoms with van der Waals surface area (Å²) in [6.45, 7) is 0. The number of halogens is 1. The molecule has 116 valence electrons. The molecule has 1 N–H and O–H groups in total. The maximum atomic E-state index is 12.1. The Balaban J connectivity index is 1.97. The molecule has 0 fully saturated rings. The number of ketones is 1. The fourth-order valence-electron chi connectivity index (χ4n) is 2.27. The molecule has 3 aromatic rings. The first-order chi connectivity index (χ1) is 11.1. The normalized spacial score (nSPS) is 10.7. The third-order valence-electron chi connectivity index (χ3n) is 3.33. The zero-order valence-corrected chi connectivity index (χ0v) is 13.4. The van der Waals surface area contributed by atoms with Crippen molar-refractivity contribution in [1.82, 2.24) is 0 Å². The zero-order chi connectivity index (χ0) is 16.4. The van der Waals surface area contributed by atoms with Crippen LogP contribution in [0.3, 0.4) is 0 Å². The Morgan fingerprint density at radius 3 is 2.52 bits per heavy atom. The van der Waals surface area contributed by atoms with Crippen LogP contribution in [0.15, 0.2) is 52.5 Å². The zero-order valence-electron chi connectivity index (χ0n) is 11.8. The molecule has 3 rings (SSSR count). The van der Waals surface area contributed by atoms with Gasteiger partial charge in [-0.3, -0.25) is 4.79 Å². The Morgan fingerprint density at radius 2 is 1.91 bits per heavy atom. The van der Waals surface area contributed by atoms with Crippen LogP contribution in [0.4, 0.5) is 0 Å². The lowest BCUT2D eigenvalue weighted by Crippen LogP contribution is -2.07. The van der Waals surface area contributed by atoms with Crippen molar-refractivity contribution in [2.45, 2.75) is 6.42 Å². The number of thiophene rings is 1. The highest BCUT2D eigenvalue weighted by Crippen LogP contribution is 2.34. The van der Waals surface area contributed by atoms with Gasteiger partial charge in [-0.2, -0.15) is 0 Å². The summed E-state index contributed by atoms with van der Waals surface area (Å²) >= 11 is 7.16. The summed E-state index contributed by atoms with van der Waals surface area (Å²) in [6.07, 6.45) is 1.40. The van der Waals surface area contributed by atoms with Gasteiger partial charge in [0.25, 0.3) is 0 Å². The number of carboxylic acids is 1. The van der Waals surface area contributed by atoms with Gasteiger partial charge in [-0.1, -0.05) is 23.7 Å². The minimum Gasteiger partial charge on any atom is -0.478 e. The molecule has 2 aromatic heterocycles. The quantitative estimate of drug-likeness (QED) is 0.675. The summed E-state index contributed by atoms with van der Waals surface area (Å²) in [5.41, 5.74) is 1.39. The van der Waals surface area contributed by atoms with Crippen molar-refractivity contribution in [2.75, 3.05) is 0 Å². The molecule has 0 aliphatic rings. The van der Waals surface area contributed by atoms with E-state index in [0.717, 1.165) is 5.56 Å². The lowest BCUT2D eigenvalue weighted by molar-refractivity contribution is 0.0697. The average molecular weight is 347 g/mol. The summed E-state index contributed by atoms with van der Waals surface area (Å²) in [7, 11) is 0. The van der Waals surface area contributed by atoms with Gasteiger partial charge >= 0.3 is 5.97 Å². The van der Waals surface area contributed by atoms with Gasteiger partial charge < -0.3 is 9.52 Å². The van der Waals surface area contributed by atoms with E-state index in [4.69, 9.17) is 16.0 Å². The Bertz CT molecular complexity index is 847. The van der Waals surface area contributed by atoms with Crippen molar-refractivity contribution in [3.05, 3.63) is 70.0 Å². The van der Waals surface area contributed by atoms with Gasteiger partial charge in [0.05, 0.1) is 11.8 Å². The number of hydrogen-bond acceptors (Lipinski definition) is 4. The van der Waals surface area contributed by atoms with Crippen molar-refractivity contribution < 1.29 is 19.1 Å². The molecule has 4 nitrogen and oxygen atoms in total. The van der Waals surface area contributed by atoms with Crippen LogP contribution in [-0.2, 0) is 6.42 Å². The first kappa shape index (κ1) is 15.5. The number of furan rings is 1. The first-order valence-electron chi connectivity index (χ1n) is 6.72. The Labute approximate surface area is 140 Å². The van der Waals surface area contributed by atoms with Crippen LogP contribution in [0.25, 0.3) is 10.4 Å². The van der Waals surface area contributed by atoms with E-state index in [9.17, 15) is 14.7 Å². The van der Waals surface area contributed by atoms with Crippen LogP contribution in [-0.4, -0.2) is 16.9 Å². The van der Waals surface area contributed by atoms with Gasteiger partial charge in [-0.15, -0.1) is 11.3 Å². The van der Waals surface area contributed by atoms with Crippen LogP contribution < -0.4 is 0 Å². The topological polar surface area (TPSA) is 67.5 Å². The summed E-state index contributed by atoms with van der Waals surface area (Å²) in [5, 5.41) is 11.8. The lowest BCUT2D eigenvalue weighted by atomic mass is 10.0. The molecule has 0 unspecified atom stereocenters. The molecule has 0 saturated carbocycles. The van der Waals surface area contributed by atoms with Gasteiger partial charge in [-0.25, -0.2) is 4.79 Å². The van der Waals surface area contributed by atoms with E-state index in [2.05, 4.69) is 0 Å². The van der Waals surface area contributed by atoms with E-state index >= 15 is 0 Å². The van der Waals surface area contributed by atoms with Gasteiger partial charge in [0.15, 0.2) is 5.76 Å². The van der Waals surface area contributed by atoms with Crippen molar-refractivity contribution in [3.63, 3.8) is 0 Å². The third-order valence-corrected chi connectivity index (χ3v) is 4.66. The van der Waals surface area contributed by atoms with Gasteiger partial charge in [0.1, 0.15) is 0 Å². The summed E-state index contributed by atoms with van der Waals surface area (Å²) in [4.78, 5) is 24.4. The fraction of sp³-hybridized carbons (Fsp3) is 0.0588. The highest BCUT2D eigenvalue weighted by molar-refractivity contribution is 7.14. The van der Waals surface area contributed by atoms with Crippen molar-refractivity contribution in [2.24, 2.45) is 0 Å². The molecule has 6 heteroatoms. The maximum absolute atomic E-state index is 12.1. The number of aromatic carboxylic acids is 1. The minimum atomic E-state index is -1.06. The molecular weight excluding hydrogens is 336 g/mol. The average Bonchev–Trinajstić information content (AvgIpc) is 3.17. The number of hydrogen-bond donors (Lipinski definition) is 1. The number of carboxylic acid groups (broad SMARTS) is 1. The van der Waals surface area contributed by atoms with Crippen LogP contribution in [0.5, 0.6) is 0 Å². The monoisotopic (exact) mass is 346 g/mol. The number of Topliss-reactive ketones (excluding diaryl/α,β-unsaturated/α-hetero) is 1. The van der Waals surface area contributed by atoms with Gasteiger partial charge in [-0.05, 0) is 40.8 Å². The highest BCUT2D eigenvalue weighted by atomic mass is 35.5. The fourth-order valence-corrected chi connectivity index (χ4v) is 3.46. The third kappa shape index (κ3) is 3.21. The van der Waals surface area contributed by atoms with Crippen LogP contribution in [0.2, 0.25) is 5.02 Å². The van der Waals surface area contributed by atoms with E-state index in [1.54, 1.807) is 41.8 Å². The van der Waals surface area contributed by atoms with Gasteiger partial charge in [0, 0.05) is 16.3 Å². The standard InChI is InChI=1S/C17H11ClO4S/c18-12-5-3-10(4-6-12)16-15(17(20)21)11(9-23-16)8-13(19)14-2-1-7-22-14/h1-7,9H,8H2,(H,20,21). The maximum Gasteiger partial charge on any atom is 0.337 e. The minimum absolute atomic E-state index is 0.0146. The summed E-state index contributed by atoms with van der Waals surface area (Å²) in [6, 6.07) is 10.1. The molecule has 0 bridgehead atoms. The summed E-state index contributed by atoms with van der Waals surface area (Å²) in [5.74, 6) is -1.09. The molecule has 2 heterocycles.